The van der Waals surface area contributed by atoms with E-state index in [2.05, 4.69) is 10.3 Å². The van der Waals surface area contributed by atoms with Crippen LogP contribution < -0.4 is 10.2 Å². The van der Waals surface area contributed by atoms with E-state index in [1.54, 1.807) is 18.3 Å². The number of piperidine rings is 1. The number of benzene rings is 1. The zero-order chi connectivity index (χ0) is 16.7. The van der Waals surface area contributed by atoms with Gasteiger partial charge in [-0.15, -0.1) is 0 Å². The minimum Gasteiger partial charge on any atom is -0.317 e. The first-order valence-corrected chi connectivity index (χ1v) is 8.79. The van der Waals surface area contributed by atoms with Gasteiger partial charge in [0, 0.05) is 16.2 Å². The third kappa shape index (κ3) is 2.41. The predicted molar refractivity (Wildman–Crippen MR) is 95.7 cm³/mol. The maximum Gasteiger partial charge on any atom is 0.239 e. The van der Waals surface area contributed by atoms with Crippen LogP contribution >= 0.6 is 23.2 Å². The summed E-state index contributed by atoms with van der Waals surface area (Å²) in [6.45, 7) is 2.09. The Morgan fingerprint density at radius 1 is 1.21 bits per heavy atom. The highest BCUT2D eigenvalue weighted by Gasteiger charge is 2.52. The van der Waals surface area contributed by atoms with Gasteiger partial charge in [0.1, 0.15) is 0 Å². The van der Waals surface area contributed by atoms with Crippen LogP contribution in [0.4, 0.5) is 5.69 Å². The maximum atomic E-state index is 13.3. The van der Waals surface area contributed by atoms with Crippen LogP contribution in [0.15, 0.2) is 36.5 Å². The highest BCUT2D eigenvalue weighted by molar-refractivity contribution is 6.35. The summed E-state index contributed by atoms with van der Waals surface area (Å²) in [5.41, 5.74) is 2.19. The number of rotatable bonds is 2. The Bertz CT molecular complexity index is 803. The number of nitrogens with one attached hydrogen (secondary N) is 1. The van der Waals surface area contributed by atoms with Crippen molar-refractivity contribution in [1.82, 2.24) is 10.3 Å². The van der Waals surface area contributed by atoms with Crippen LogP contribution in [-0.2, 0) is 16.8 Å². The summed E-state index contributed by atoms with van der Waals surface area (Å²) < 4.78 is 0. The van der Waals surface area contributed by atoms with Crippen molar-refractivity contribution in [2.75, 3.05) is 18.0 Å². The van der Waals surface area contributed by atoms with Crippen molar-refractivity contribution in [2.45, 2.75) is 24.8 Å². The van der Waals surface area contributed by atoms with Crippen molar-refractivity contribution in [3.63, 3.8) is 0 Å². The van der Waals surface area contributed by atoms with Crippen LogP contribution in [-0.4, -0.2) is 24.0 Å². The predicted octanol–water partition coefficient (Wildman–Crippen LogP) is 3.56. The van der Waals surface area contributed by atoms with Gasteiger partial charge in [0.25, 0.3) is 0 Å². The average Bonchev–Trinajstić information content (AvgIpc) is 2.81. The second-order valence-corrected chi connectivity index (χ2v) is 7.17. The van der Waals surface area contributed by atoms with E-state index >= 15 is 0 Å². The van der Waals surface area contributed by atoms with Crippen molar-refractivity contribution in [3.8, 4) is 0 Å². The van der Waals surface area contributed by atoms with E-state index in [-0.39, 0.29) is 5.91 Å². The van der Waals surface area contributed by atoms with Crippen molar-refractivity contribution < 1.29 is 4.79 Å². The van der Waals surface area contributed by atoms with Gasteiger partial charge >= 0.3 is 0 Å². The number of pyridine rings is 1. The smallest absolute Gasteiger partial charge is 0.239 e. The molecule has 2 aliphatic rings. The van der Waals surface area contributed by atoms with E-state index in [4.69, 9.17) is 23.2 Å². The monoisotopic (exact) mass is 361 g/mol. The molecule has 1 fully saturated rings. The van der Waals surface area contributed by atoms with E-state index in [0.29, 0.717) is 16.6 Å². The quantitative estimate of drug-likeness (QED) is 0.889. The lowest BCUT2D eigenvalue weighted by molar-refractivity contribution is -0.124. The van der Waals surface area contributed by atoms with Gasteiger partial charge in [-0.3, -0.25) is 9.78 Å². The molecular weight excluding hydrogens is 345 g/mol. The lowest BCUT2D eigenvalue weighted by atomic mass is 9.76. The molecule has 1 aromatic carbocycles. The van der Waals surface area contributed by atoms with E-state index in [0.717, 1.165) is 42.9 Å². The number of hydrogen-bond donors (Lipinski definition) is 1. The Morgan fingerprint density at radius 3 is 2.75 bits per heavy atom. The van der Waals surface area contributed by atoms with Gasteiger partial charge in [-0.1, -0.05) is 29.3 Å². The summed E-state index contributed by atoms with van der Waals surface area (Å²) in [5.74, 6) is 0.128. The fourth-order valence-electron chi connectivity index (χ4n) is 3.73. The number of hydrogen-bond acceptors (Lipinski definition) is 3. The van der Waals surface area contributed by atoms with Crippen LogP contribution in [0.5, 0.6) is 0 Å². The Hall–Kier alpha value is -1.62. The molecule has 0 radical (unpaired) electrons. The molecule has 4 nitrogen and oxygen atoms in total. The van der Waals surface area contributed by atoms with E-state index in [9.17, 15) is 4.79 Å². The summed E-state index contributed by atoms with van der Waals surface area (Å²) in [5, 5.41) is 4.50. The molecule has 4 rings (SSSR count). The van der Waals surface area contributed by atoms with Crippen LogP contribution in [0.3, 0.4) is 0 Å². The van der Waals surface area contributed by atoms with Crippen molar-refractivity contribution in [2.24, 2.45) is 0 Å². The summed E-state index contributed by atoms with van der Waals surface area (Å²) in [4.78, 5) is 19.7. The number of anilines is 1. The largest absolute Gasteiger partial charge is 0.317 e. The number of carbonyl (C=O) groups excluding carboxylic acids is 1. The second kappa shape index (κ2) is 6.03. The van der Waals surface area contributed by atoms with E-state index in [1.165, 1.54) is 0 Å². The molecule has 0 saturated carbocycles. The first-order valence-electron chi connectivity index (χ1n) is 8.04. The second-order valence-electron chi connectivity index (χ2n) is 6.33. The number of carbonyl (C=O) groups is 1. The molecule has 124 valence electrons. The highest BCUT2D eigenvalue weighted by Crippen LogP contribution is 2.46. The van der Waals surface area contributed by atoms with Crippen LogP contribution in [0.25, 0.3) is 0 Å². The fourth-order valence-corrected chi connectivity index (χ4v) is 4.20. The normalized spacial score (nSPS) is 18.9. The van der Waals surface area contributed by atoms with Gasteiger partial charge in [0.2, 0.25) is 5.91 Å². The van der Waals surface area contributed by atoms with Crippen molar-refractivity contribution >= 4 is 34.8 Å². The zero-order valence-electron chi connectivity index (χ0n) is 13.1. The molecule has 0 aliphatic carbocycles. The SMILES string of the molecule is O=C1N(Cc2ccc(Cl)cc2Cl)c2cccnc2C12CCNCC2. The van der Waals surface area contributed by atoms with Crippen LogP contribution in [0, 0.1) is 0 Å². The lowest BCUT2D eigenvalue weighted by Crippen LogP contribution is -2.47. The van der Waals surface area contributed by atoms with E-state index in [1.807, 2.05) is 23.1 Å². The van der Waals surface area contributed by atoms with Crippen molar-refractivity contribution in [1.29, 1.82) is 0 Å². The first-order chi connectivity index (χ1) is 11.6. The average molecular weight is 362 g/mol. The summed E-state index contributed by atoms with van der Waals surface area (Å²) in [6.07, 6.45) is 3.33. The minimum absolute atomic E-state index is 0.128. The summed E-state index contributed by atoms with van der Waals surface area (Å²) in [6, 6.07) is 9.24. The number of amides is 1. The molecular formula is C18H17Cl2N3O. The molecule has 1 N–H and O–H groups in total. The maximum absolute atomic E-state index is 13.3. The molecule has 1 saturated heterocycles. The molecule has 1 amide bonds. The molecule has 0 unspecified atom stereocenters. The molecule has 2 aromatic rings. The van der Waals surface area contributed by atoms with Gasteiger partial charge in [0.05, 0.1) is 23.3 Å². The summed E-state index contributed by atoms with van der Waals surface area (Å²) >= 11 is 12.3. The Kier molecular flexibility index (Phi) is 3.99. The minimum atomic E-state index is -0.499. The summed E-state index contributed by atoms with van der Waals surface area (Å²) in [7, 11) is 0. The topological polar surface area (TPSA) is 45.2 Å². The third-order valence-corrected chi connectivity index (χ3v) is 5.57. The Labute approximate surface area is 150 Å². The third-order valence-electron chi connectivity index (χ3n) is 4.99. The number of nitrogens with zero attached hydrogens (tertiary/aromatic N) is 2. The highest BCUT2D eigenvalue weighted by atomic mass is 35.5. The Balaban J connectivity index is 1.75. The van der Waals surface area contributed by atoms with Crippen molar-refractivity contribution in [3.05, 3.63) is 57.8 Å². The molecule has 3 heterocycles. The number of halogens is 2. The molecule has 0 bridgehead atoms. The number of fused-ring (bicyclic) bond motifs is 2. The first kappa shape index (κ1) is 15.9. The molecule has 1 spiro atoms. The van der Waals surface area contributed by atoms with Gasteiger partial charge in [-0.05, 0) is 55.8 Å². The number of aromatic nitrogens is 1. The Morgan fingerprint density at radius 2 is 2.00 bits per heavy atom. The van der Waals surface area contributed by atoms with E-state index < -0.39 is 5.41 Å². The lowest BCUT2D eigenvalue weighted by Gasteiger charge is -2.32. The van der Waals surface area contributed by atoms with Crippen LogP contribution in [0.1, 0.15) is 24.1 Å². The fraction of sp³-hybridized carbons (Fsp3) is 0.333. The van der Waals surface area contributed by atoms with Gasteiger partial charge < -0.3 is 10.2 Å². The van der Waals surface area contributed by atoms with Gasteiger partial charge in [-0.25, -0.2) is 0 Å². The van der Waals surface area contributed by atoms with Crippen LogP contribution in [0.2, 0.25) is 10.0 Å². The standard InChI is InChI=1S/C18H17Cl2N3O/c19-13-4-3-12(14(20)10-13)11-23-15-2-1-7-22-16(15)18(17(23)24)5-8-21-9-6-18/h1-4,7,10,21H,5-6,8-9,11H2. The molecule has 24 heavy (non-hydrogen) atoms. The molecule has 0 atom stereocenters. The van der Waals surface area contributed by atoms with Gasteiger partial charge in [-0.2, -0.15) is 0 Å². The zero-order valence-corrected chi connectivity index (χ0v) is 14.6. The molecule has 2 aliphatic heterocycles. The molecule has 1 aromatic heterocycles. The van der Waals surface area contributed by atoms with Gasteiger partial charge in [0.15, 0.2) is 0 Å². The molecule has 6 heteroatoms.